The van der Waals surface area contributed by atoms with Gasteiger partial charge in [-0.3, -0.25) is 0 Å². The Kier molecular flexibility index (Phi) is 3.27. The van der Waals surface area contributed by atoms with E-state index in [-0.39, 0.29) is 12.2 Å². The summed E-state index contributed by atoms with van der Waals surface area (Å²) in [6, 6.07) is 5.40. The number of halogens is 3. The standard InChI is InChI=1S/C12H12F3N3/c1-8-16-6-9(18-8)7-17-11-5-3-2-4-10(11)12(13,14)15/h2-6,17H,7H2,1H3,(H,16,18). The third kappa shape index (κ3) is 2.82. The fourth-order valence-electron chi connectivity index (χ4n) is 1.64. The van der Waals surface area contributed by atoms with E-state index in [9.17, 15) is 13.2 Å². The summed E-state index contributed by atoms with van der Waals surface area (Å²) in [6.07, 6.45) is -2.76. The highest BCUT2D eigenvalue weighted by atomic mass is 19.4. The monoisotopic (exact) mass is 255 g/mol. The first-order chi connectivity index (χ1) is 8.47. The molecule has 0 fully saturated rings. The van der Waals surface area contributed by atoms with E-state index in [0.717, 1.165) is 17.6 Å². The van der Waals surface area contributed by atoms with Crippen molar-refractivity contribution in [1.82, 2.24) is 9.97 Å². The van der Waals surface area contributed by atoms with Gasteiger partial charge in [0.2, 0.25) is 0 Å². The van der Waals surface area contributed by atoms with Gasteiger partial charge in [-0.05, 0) is 19.1 Å². The number of anilines is 1. The van der Waals surface area contributed by atoms with E-state index in [2.05, 4.69) is 15.3 Å². The van der Waals surface area contributed by atoms with E-state index in [0.29, 0.717) is 0 Å². The molecule has 2 rings (SSSR count). The van der Waals surface area contributed by atoms with Crippen molar-refractivity contribution in [3.05, 3.63) is 47.5 Å². The zero-order valence-electron chi connectivity index (χ0n) is 9.67. The van der Waals surface area contributed by atoms with Crippen molar-refractivity contribution in [1.29, 1.82) is 0 Å². The van der Waals surface area contributed by atoms with Crippen LogP contribution in [0, 0.1) is 6.92 Å². The molecule has 6 heteroatoms. The Morgan fingerprint density at radius 2 is 2.00 bits per heavy atom. The van der Waals surface area contributed by atoms with Gasteiger partial charge in [-0.2, -0.15) is 13.2 Å². The number of rotatable bonds is 3. The van der Waals surface area contributed by atoms with Gasteiger partial charge in [0.25, 0.3) is 0 Å². The number of para-hydroxylation sites is 1. The molecule has 18 heavy (non-hydrogen) atoms. The number of aryl methyl sites for hydroxylation is 1. The first kappa shape index (κ1) is 12.5. The van der Waals surface area contributed by atoms with Crippen LogP contribution in [-0.4, -0.2) is 9.97 Å². The quantitative estimate of drug-likeness (QED) is 0.883. The number of H-pyrrole nitrogens is 1. The molecule has 1 aromatic carbocycles. The minimum absolute atomic E-state index is 0.0669. The maximum Gasteiger partial charge on any atom is 0.418 e. The molecule has 0 amide bonds. The van der Waals surface area contributed by atoms with Gasteiger partial charge in [-0.25, -0.2) is 4.98 Å². The minimum Gasteiger partial charge on any atom is -0.379 e. The Bertz CT molecular complexity index is 531. The van der Waals surface area contributed by atoms with Crippen LogP contribution in [0.5, 0.6) is 0 Å². The molecule has 0 aliphatic heterocycles. The van der Waals surface area contributed by atoms with E-state index in [1.807, 2.05) is 0 Å². The lowest BCUT2D eigenvalue weighted by Crippen LogP contribution is -2.10. The highest BCUT2D eigenvalue weighted by Gasteiger charge is 2.32. The molecule has 0 saturated heterocycles. The molecule has 2 N–H and O–H groups in total. The van der Waals surface area contributed by atoms with Crippen molar-refractivity contribution in [3.63, 3.8) is 0 Å². The molecular weight excluding hydrogens is 243 g/mol. The van der Waals surface area contributed by atoms with Crippen LogP contribution < -0.4 is 5.32 Å². The second-order valence-corrected chi connectivity index (χ2v) is 3.89. The van der Waals surface area contributed by atoms with Gasteiger partial charge >= 0.3 is 6.18 Å². The number of nitrogens with one attached hydrogen (secondary N) is 2. The summed E-state index contributed by atoms with van der Waals surface area (Å²) in [5.41, 5.74) is 0.142. The second-order valence-electron chi connectivity index (χ2n) is 3.89. The molecule has 0 spiro atoms. The number of benzene rings is 1. The maximum absolute atomic E-state index is 12.7. The van der Waals surface area contributed by atoms with Gasteiger partial charge in [0.1, 0.15) is 5.82 Å². The summed E-state index contributed by atoms with van der Waals surface area (Å²) in [6.45, 7) is 2.06. The highest BCUT2D eigenvalue weighted by Crippen LogP contribution is 2.34. The second kappa shape index (κ2) is 4.72. The first-order valence-corrected chi connectivity index (χ1v) is 5.37. The molecule has 0 unspecified atom stereocenters. The molecule has 0 saturated carbocycles. The minimum atomic E-state index is -4.35. The normalized spacial score (nSPS) is 11.6. The van der Waals surface area contributed by atoms with Crippen molar-refractivity contribution in [3.8, 4) is 0 Å². The van der Waals surface area contributed by atoms with Crippen molar-refractivity contribution in [2.24, 2.45) is 0 Å². The zero-order chi connectivity index (χ0) is 13.2. The van der Waals surface area contributed by atoms with Crippen LogP contribution in [0.1, 0.15) is 17.1 Å². The molecule has 0 atom stereocenters. The summed E-state index contributed by atoms with van der Waals surface area (Å²) >= 11 is 0. The lowest BCUT2D eigenvalue weighted by atomic mass is 10.1. The Morgan fingerprint density at radius 3 is 2.61 bits per heavy atom. The number of nitrogens with zero attached hydrogens (tertiary/aromatic N) is 1. The largest absolute Gasteiger partial charge is 0.418 e. The van der Waals surface area contributed by atoms with Crippen LogP contribution in [0.25, 0.3) is 0 Å². The molecule has 96 valence electrons. The molecular formula is C12H12F3N3. The van der Waals surface area contributed by atoms with Crippen LogP contribution in [-0.2, 0) is 12.7 Å². The van der Waals surface area contributed by atoms with Crippen LogP contribution in [0.4, 0.5) is 18.9 Å². The van der Waals surface area contributed by atoms with Gasteiger partial charge in [0.15, 0.2) is 0 Å². The first-order valence-electron chi connectivity index (χ1n) is 5.37. The van der Waals surface area contributed by atoms with Crippen LogP contribution in [0.15, 0.2) is 30.5 Å². The number of hydrogen-bond donors (Lipinski definition) is 2. The molecule has 0 aliphatic carbocycles. The zero-order valence-corrected chi connectivity index (χ0v) is 9.67. The Morgan fingerprint density at radius 1 is 1.28 bits per heavy atom. The third-order valence-electron chi connectivity index (χ3n) is 2.46. The average molecular weight is 255 g/mol. The average Bonchev–Trinajstić information content (AvgIpc) is 2.72. The van der Waals surface area contributed by atoms with E-state index < -0.39 is 11.7 Å². The van der Waals surface area contributed by atoms with E-state index in [1.165, 1.54) is 12.1 Å². The van der Waals surface area contributed by atoms with Crippen molar-refractivity contribution >= 4 is 5.69 Å². The number of aromatic nitrogens is 2. The lowest BCUT2D eigenvalue weighted by molar-refractivity contribution is -0.136. The van der Waals surface area contributed by atoms with Crippen molar-refractivity contribution < 1.29 is 13.2 Å². The summed E-state index contributed by atoms with van der Waals surface area (Å²) in [7, 11) is 0. The van der Waals surface area contributed by atoms with Crippen molar-refractivity contribution in [2.75, 3.05) is 5.32 Å². The maximum atomic E-state index is 12.7. The van der Waals surface area contributed by atoms with Crippen LogP contribution >= 0.6 is 0 Å². The van der Waals surface area contributed by atoms with E-state index >= 15 is 0 Å². The van der Waals surface area contributed by atoms with E-state index in [4.69, 9.17) is 0 Å². The number of imidazole rings is 1. The fraction of sp³-hybridized carbons (Fsp3) is 0.250. The Labute approximate surface area is 102 Å². The molecule has 1 aromatic heterocycles. The Balaban J connectivity index is 2.14. The third-order valence-corrected chi connectivity index (χ3v) is 2.46. The highest BCUT2D eigenvalue weighted by molar-refractivity contribution is 5.52. The SMILES string of the molecule is Cc1ncc(CNc2ccccc2C(F)(F)F)[nH]1. The van der Waals surface area contributed by atoms with Crippen molar-refractivity contribution in [2.45, 2.75) is 19.6 Å². The molecule has 3 nitrogen and oxygen atoms in total. The number of hydrogen-bond acceptors (Lipinski definition) is 2. The summed E-state index contributed by atoms with van der Waals surface area (Å²) < 4.78 is 38.2. The van der Waals surface area contributed by atoms with Crippen LogP contribution in [0.3, 0.4) is 0 Å². The van der Waals surface area contributed by atoms with Gasteiger partial charge < -0.3 is 10.3 Å². The molecule has 0 radical (unpaired) electrons. The molecule has 1 heterocycles. The fourth-order valence-corrected chi connectivity index (χ4v) is 1.64. The predicted molar refractivity (Wildman–Crippen MR) is 62.1 cm³/mol. The van der Waals surface area contributed by atoms with Crippen LogP contribution in [0.2, 0.25) is 0 Å². The smallest absolute Gasteiger partial charge is 0.379 e. The van der Waals surface area contributed by atoms with Gasteiger partial charge in [-0.15, -0.1) is 0 Å². The van der Waals surface area contributed by atoms with Gasteiger partial charge in [0, 0.05) is 5.69 Å². The number of aromatic amines is 1. The molecule has 0 bridgehead atoms. The topological polar surface area (TPSA) is 40.7 Å². The molecule has 2 aromatic rings. The number of alkyl halides is 3. The van der Waals surface area contributed by atoms with Gasteiger partial charge in [0.05, 0.1) is 24.0 Å². The lowest BCUT2D eigenvalue weighted by Gasteiger charge is -2.13. The molecule has 0 aliphatic rings. The van der Waals surface area contributed by atoms with Gasteiger partial charge in [-0.1, -0.05) is 12.1 Å². The summed E-state index contributed by atoms with van der Waals surface area (Å²) in [4.78, 5) is 6.93. The summed E-state index contributed by atoms with van der Waals surface area (Å²) in [5, 5.41) is 2.76. The Hall–Kier alpha value is -1.98. The summed E-state index contributed by atoms with van der Waals surface area (Å²) in [5.74, 6) is 0.732. The predicted octanol–water partition coefficient (Wildman–Crippen LogP) is 3.35. The van der Waals surface area contributed by atoms with E-state index in [1.54, 1.807) is 19.2 Å².